The molecule has 0 saturated heterocycles. The summed E-state index contributed by atoms with van der Waals surface area (Å²) >= 11 is 3.51. The van der Waals surface area contributed by atoms with Crippen LogP contribution in [0.1, 0.15) is 11.1 Å². The molecule has 2 aromatic carbocycles. The van der Waals surface area contributed by atoms with Crippen molar-refractivity contribution >= 4 is 21.6 Å². The number of benzene rings is 2. The van der Waals surface area contributed by atoms with Crippen LogP contribution in [0.4, 0.5) is 5.69 Å². The summed E-state index contributed by atoms with van der Waals surface area (Å²) in [5, 5.41) is 4.04. The lowest BCUT2D eigenvalue weighted by Crippen LogP contribution is -1.91. The Balaban J connectivity index is 2.03. The quantitative estimate of drug-likeness (QED) is 0.702. The number of hydrogen-bond acceptors (Lipinski definition) is 4. The Kier molecular flexibility index (Phi) is 3.51. The third kappa shape index (κ3) is 2.69. The van der Waals surface area contributed by atoms with E-state index in [2.05, 4.69) is 26.1 Å². The Morgan fingerprint density at radius 2 is 1.90 bits per heavy atom. The molecule has 1 heterocycles. The van der Waals surface area contributed by atoms with E-state index in [4.69, 9.17) is 10.3 Å². The molecule has 0 fully saturated rings. The first-order valence-corrected chi connectivity index (χ1v) is 7.30. The van der Waals surface area contributed by atoms with Crippen molar-refractivity contribution in [1.29, 1.82) is 0 Å². The molecular weight excluding hydrogens is 330 g/mol. The first-order chi connectivity index (χ1) is 10.0. The molecule has 0 aliphatic rings. The zero-order chi connectivity index (χ0) is 15.0. The highest BCUT2D eigenvalue weighted by atomic mass is 79.9. The summed E-state index contributed by atoms with van der Waals surface area (Å²) in [6, 6.07) is 11.7. The first kappa shape index (κ1) is 13.8. The van der Waals surface area contributed by atoms with Gasteiger partial charge in [-0.1, -0.05) is 44.8 Å². The SMILES string of the molecule is Cc1ccc(N)c(-c2nc(-c3ccc(C)c(Br)c3)no2)c1. The molecular formula is C16H14BrN3O. The van der Waals surface area contributed by atoms with Crippen LogP contribution in [0.15, 0.2) is 45.4 Å². The van der Waals surface area contributed by atoms with Crippen molar-refractivity contribution in [3.8, 4) is 22.8 Å². The molecule has 2 N–H and O–H groups in total. The molecule has 0 radical (unpaired) electrons. The Hall–Kier alpha value is -2.14. The predicted octanol–water partition coefficient (Wildman–Crippen LogP) is 4.37. The monoisotopic (exact) mass is 343 g/mol. The number of nitrogens with two attached hydrogens (primary N) is 1. The smallest absolute Gasteiger partial charge is 0.260 e. The van der Waals surface area contributed by atoms with Crippen molar-refractivity contribution in [3.05, 3.63) is 52.0 Å². The highest BCUT2D eigenvalue weighted by molar-refractivity contribution is 9.10. The van der Waals surface area contributed by atoms with E-state index in [0.717, 1.165) is 26.7 Å². The second kappa shape index (κ2) is 5.33. The Morgan fingerprint density at radius 1 is 1.10 bits per heavy atom. The maximum Gasteiger partial charge on any atom is 0.260 e. The summed E-state index contributed by atoms with van der Waals surface area (Å²) in [6.45, 7) is 4.03. The maximum atomic E-state index is 5.98. The molecule has 0 atom stereocenters. The topological polar surface area (TPSA) is 64.9 Å². The molecule has 21 heavy (non-hydrogen) atoms. The van der Waals surface area contributed by atoms with Gasteiger partial charge in [0.2, 0.25) is 5.82 Å². The van der Waals surface area contributed by atoms with Crippen LogP contribution in [0.2, 0.25) is 0 Å². The number of aryl methyl sites for hydroxylation is 2. The number of nitrogens with zero attached hydrogens (tertiary/aromatic N) is 2. The number of aromatic nitrogens is 2. The fraction of sp³-hybridized carbons (Fsp3) is 0.125. The van der Waals surface area contributed by atoms with Gasteiger partial charge in [-0.2, -0.15) is 4.98 Å². The molecule has 0 bridgehead atoms. The van der Waals surface area contributed by atoms with E-state index in [0.29, 0.717) is 17.4 Å². The Labute approximate surface area is 131 Å². The molecule has 3 aromatic rings. The summed E-state index contributed by atoms with van der Waals surface area (Å²) in [5.41, 5.74) is 10.5. The second-order valence-electron chi connectivity index (χ2n) is 4.98. The van der Waals surface area contributed by atoms with E-state index in [-0.39, 0.29) is 0 Å². The molecule has 0 aliphatic heterocycles. The third-order valence-corrected chi connectivity index (χ3v) is 4.15. The van der Waals surface area contributed by atoms with E-state index >= 15 is 0 Å². The number of anilines is 1. The highest BCUT2D eigenvalue weighted by Crippen LogP contribution is 2.29. The van der Waals surface area contributed by atoms with Crippen molar-refractivity contribution in [2.75, 3.05) is 5.73 Å². The van der Waals surface area contributed by atoms with Crippen LogP contribution >= 0.6 is 15.9 Å². The number of rotatable bonds is 2. The van der Waals surface area contributed by atoms with E-state index in [1.165, 1.54) is 0 Å². The standard InChI is InChI=1S/C16H14BrN3O/c1-9-3-6-14(18)12(7-9)16-19-15(20-21-16)11-5-4-10(2)13(17)8-11/h3-8H,18H2,1-2H3. The molecule has 0 aliphatic carbocycles. The van der Waals surface area contributed by atoms with Gasteiger partial charge in [0.1, 0.15) is 0 Å². The summed E-state index contributed by atoms with van der Waals surface area (Å²) < 4.78 is 6.37. The van der Waals surface area contributed by atoms with Crippen LogP contribution in [0.5, 0.6) is 0 Å². The first-order valence-electron chi connectivity index (χ1n) is 6.51. The summed E-state index contributed by atoms with van der Waals surface area (Å²) in [5.74, 6) is 0.981. The molecule has 0 spiro atoms. The van der Waals surface area contributed by atoms with Gasteiger partial charge in [-0.25, -0.2) is 0 Å². The normalized spacial score (nSPS) is 10.8. The average molecular weight is 344 g/mol. The Morgan fingerprint density at radius 3 is 2.67 bits per heavy atom. The zero-order valence-electron chi connectivity index (χ0n) is 11.7. The lowest BCUT2D eigenvalue weighted by molar-refractivity contribution is 0.432. The predicted molar refractivity (Wildman–Crippen MR) is 86.8 cm³/mol. The third-order valence-electron chi connectivity index (χ3n) is 3.30. The molecule has 0 saturated carbocycles. The molecule has 5 heteroatoms. The van der Waals surface area contributed by atoms with Gasteiger partial charge in [0.05, 0.1) is 5.56 Å². The minimum atomic E-state index is 0.433. The summed E-state index contributed by atoms with van der Waals surface area (Å²) in [6.07, 6.45) is 0. The van der Waals surface area contributed by atoms with Gasteiger partial charge in [0.15, 0.2) is 0 Å². The molecule has 0 amide bonds. The van der Waals surface area contributed by atoms with Gasteiger partial charge >= 0.3 is 0 Å². The van der Waals surface area contributed by atoms with Crippen molar-refractivity contribution < 1.29 is 4.52 Å². The lowest BCUT2D eigenvalue weighted by Gasteiger charge is -2.01. The molecule has 1 aromatic heterocycles. The van der Waals surface area contributed by atoms with Crippen molar-refractivity contribution in [1.82, 2.24) is 10.1 Å². The summed E-state index contributed by atoms with van der Waals surface area (Å²) in [4.78, 5) is 4.44. The van der Waals surface area contributed by atoms with Crippen LogP contribution in [0.3, 0.4) is 0 Å². The van der Waals surface area contributed by atoms with E-state index < -0.39 is 0 Å². The van der Waals surface area contributed by atoms with Crippen molar-refractivity contribution in [2.45, 2.75) is 13.8 Å². The lowest BCUT2D eigenvalue weighted by atomic mass is 10.1. The molecule has 0 unspecified atom stereocenters. The van der Waals surface area contributed by atoms with E-state index in [1.807, 2.05) is 50.2 Å². The van der Waals surface area contributed by atoms with Crippen LogP contribution < -0.4 is 5.73 Å². The molecule has 106 valence electrons. The minimum absolute atomic E-state index is 0.433. The van der Waals surface area contributed by atoms with Gasteiger partial charge < -0.3 is 10.3 Å². The minimum Gasteiger partial charge on any atom is -0.398 e. The average Bonchev–Trinajstić information content (AvgIpc) is 2.94. The van der Waals surface area contributed by atoms with Crippen LogP contribution in [-0.4, -0.2) is 10.1 Å². The fourth-order valence-corrected chi connectivity index (χ4v) is 2.42. The van der Waals surface area contributed by atoms with E-state index in [1.54, 1.807) is 0 Å². The van der Waals surface area contributed by atoms with E-state index in [9.17, 15) is 0 Å². The highest BCUT2D eigenvalue weighted by Gasteiger charge is 2.13. The van der Waals surface area contributed by atoms with Gasteiger partial charge in [-0.3, -0.25) is 0 Å². The van der Waals surface area contributed by atoms with Gasteiger partial charge in [0, 0.05) is 15.7 Å². The van der Waals surface area contributed by atoms with Crippen molar-refractivity contribution in [3.63, 3.8) is 0 Å². The molecule has 4 nitrogen and oxygen atoms in total. The number of hydrogen-bond donors (Lipinski definition) is 1. The van der Waals surface area contributed by atoms with Crippen LogP contribution in [-0.2, 0) is 0 Å². The summed E-state index contributed by atoms with van der Waals surface area (Å²) in [7, 11) is 0. The van der Waals surface area contributed by atoms with Gasteiger partial charge in [-0.05, 0) is 37.6 Å². The van der Waals surface area contributed by atoms with Crippen molar-refractivity contribution in [2.24, 2.45) is 0 Å². The zero-order valence-corrected chi connectivity index (χ0v) is 13.3. The Bertz CT molecular complexity index is 811. The molecule has 3 rings (SSSR count). The van der Waals surface area contributed by atoms with Gasteiger partial charge in [-0.15, -0.1) is 0 Å². The van der Waals surface area contributed by atoms with Crippen LogP contribution in [0.25, 0.3) is 22.8 Å². The van der Waals surface area contributed by atoms with Crippen LogP contribution in [0, 0.1) is 13.8 Å². The van der Waals surface area contributed by atoms with Gasteiger partial charge in [0.25, 0.3) is 5.89 Å². The maximum absolute atomic E-state index is 5.98. The number of halogens is 1. The second-order valence-corrected chi connectivity index (χ2v) is 5.83. The number of nitrogen functional groups attached to an aromatic ring is 1. The fourth-order valence-electron chi connectivity index (χ4n) is 2.04. The largest absolute Gasteiger partial charge is 0.398 e.